The molecule has 5 nitrogen and oxygen atoms in total. The Hall–Kier alpha value is -3.02. The summed E-state index contributed by atoms with van der Waals surface area (Å²) >= 11 is 0. The number of carbonyl (C=O) groups is 1. The highest BCUT2D eigenvalue weighted by molar-refractivity contribution is 6.03. The number of nitrogens with one attached hydrogen (secondary N) is 1. The number of carbonyl (C=O) groups excluding carboxylic acids is 1. The molecule has 2 heterocycles. The predicted octanol–water partition coefficient (Wildman–Crippen LogP) is 3.43. The average Bonchev–Trinajstić information content (AvgIpc) is 2.52. The first kappa shape index (κ1) is 17.8. The number of halogens is 1. The smallest absolute Gasteiger partial charge is 0.268 e. The van der Waals surface area contributed by atoms with E-state index in [-0.39, 0.29) is 16.5 Å². The lowest BCUT2D eigenvalue weighted by molar-refractivity contribution is 0.0997. The molecule has 0 saturated heterocycles. The summed E-state index contributed by atoms with van der Waals surface area (Å²) in [6.07, 6.45) is 1.38. The monoisotopic (exact) mass is 353 g/mol. The minimum atomic E-state index is -0.786. The third kappa shape index (κ3) is 2.98. The van der Waals surface area contributed by atoms with Crippen molar-refractivity contribution < 1.29 is 9.18 Å². The fourth-order valence-electron chi connectivity index (χ4n) is 3.04. The number of aryl methyl sites for hydroxylation is 1. The summed E-state index contributed by atoms with van der Waals surface area (Å²) < 4.78 is 14.9. The number of amides is 1. The van der Waals surface area contributed by atoms with E-state index in [1.54, 1.807) is 13.0 Å². The number of hydrogen-bond acceptors (Lipinski definition) is 3. The van der Waals surface area contributed by atoms with Gasteiger partial charge in [-0.1, -0.05) is 26.8 Å². The van der Waals surface area contributed by atoms with Crippen LogP contribution in [0.1, 0.15) is 42.4 Å². The van der Waals surface area contributed by atoms with Crippen LogP contribution in [-0.2, 0) is 5.41 Å². The van der Waals surface area contributed by atoms with Gasteiger partial charge in [0.25, 0.3) is 5.91 Å². The average molecular weight is 353 g/mol. The summed E-state index contributed by atoms with van der Waals surface area (Å²) in [6, 6.07) is 6.25. The topological polar surface area (TPSA) is 88.8 Å². The molecule has 3 rings (SSSR count). The quantitative estimate of drug-likeness (QED) is 0.740. The Morgan fingerprint density at radius 3 is 2.50 bits per heavy atom. The third-order valence-corrected chi connectivity index (χ3v) is 4.40. The van der Waals surface area contributed by atoms with Crippen LogP contribution in [-0.4, -0.2) is 15.9 Å². The van der Waals surface area contributed by atoms with Crippen molar-refractivity contribution in [3.63, 3.8) is 0 Å². The number of benzene rings is 1. The van der Waals surface area contributed by atoms with Crippen LogP contribution in [0.3, 0.4) is 0 Å². The lowest BCUT2D eigenvalue weighted by Crippen LogP contribution is -2.18. The van der Waals surface area contributed by atoms with E-state index >= 15 is 0 Å². The molecule has 134 valence electrons. The Morgan fingerprint density at radius 1 is 1.23 bits per heavy atom. The molecule has 0 unspecified atom stereocenters. The number of rotatable bonds is 2. The van der Waals surface area contributed by atoms with E-state index in [9.17, 15) is 14.0 Å². The molecule has 0 aliphatic heterocycles. The SMILES string of the molecule is Cc1cc(C(C)(C)C)cc(F)c1-c1cc(=O)c2c(C(N)=O)nccc2[nH]1. The zero-order chi connectivity index (χ0) is 19.2. The van der Waals surface area contributed by atoms with Gasteiger partial charge in [-0.25, -0.2) is 4.39 Å². The molecule has 26 heavy (non-hydrogen) atoms. The molecule has 0 radical (unpaired) electrons. The van der Waals surface area contributed by atoms with Crippen LogP contribution in [0, 0.1) is 12.7 Å². The molecule has 0 saturated carbocycles. The second-order valence-electron chi connectivity index (χ2n) is 7.39. The van der Waals surface area contributed by atoms with Crippen LogP contribution in [0.4, 0.5) is 4.39 Å². The van der Waals surface area contributed by atoms with Gasteiger partial charge >= 0.3 is 0 Å². The van der Waals surface area contributed by atoms with E-state index < -0.39 is 17.2 Å². The van der Waals surface area contributed by atoms with Crippen LogP contribution >= 0.6 is 0 Å². The molecule has 1 amide bonds. The fraction of sp³-hybridized carbons (Fsp3) is 0.250. The highest BCUT2D eigenvalue weighted by Crippen LogP contribution is 2.31. The van der Waals surface area contributed by atoms with Crippen molar-refractivity contribution in [2.75, 3.05) is 0 Å². The van der Waals surface area contributed by atoms with E-state index in [2.05, 4.69) is 9.97 Å². The second-order valence-corrected chi connectivity index (χ2v) is 7.39. The maximum absolute atomic E-state index is 14.9. The van der Waals surface area contributed by atoms with Crippen molar-refractivity contribution in [2.24, 2.45) is 5.73 Å². The van der Waals surface area contributed by atoms with E-state index in [0.717, 1.165) is 5.56 Å². The van der Waals surface area contributed by atoms with Crippen molar-refractivity contribution >= 4 is 16.8 Å². The van der Waals surface area contributed by atoms with Crippen molar-refractivity contribution in [1.29, 1.82) is 0 Å². The van der Waals surface area contributed by atoms with Gasteiger partial charge in [0.1, 0.15) is 11.5 Å². The van der Waals surface area contributed by atoms with E-state index in [0.29, 0.717) is 22.3 Å². The van der Waals surface area contributed by atoms with E-state index in [1.165, 1.54) is 18.3 Å². The van der Waals surface area contributed by atoms with E-state index in [4.69, 9.17) is 5.73 Å². The van der Waals surface area contributed by atoms with Crippen LogP contribution in [0.5, 0.6) is 0 Å². The number of aromatic amines is 1. The number of nitrogens with zero attached hydrogens (tertiary/aromatic N) is 1. The number of primary amides is 1. The predicted molar refractivity (Wildman–Crippen MR) is 99.7 cm³/mol. The molecule has 3 aromatic rings. The Balaban J connectivity index is 2.28. The maximum atomic E-state index is 14.9. The van der Waals surface area contributed by atoms with Crippen LogP contribution in [0.15, 0.2) is 35.3 Å². The van der Waals surface area contributed by atoms with E-state index in [1.807, 2.05) is 26.8 Å². The van der Waals surface area contributed by atoms with Crippen LogP contribution < -0.4 is 11.2 Å². The normalized spacial score (nSPS) is 11.7. The fourth-order valence-corrected chi connectivity index (χ4v) is 3.04. The first-order valence-corrected chi connectivity index (χ1v) is 8.22. The van der Waals surface area contributed by atoms with Gasteiger partial charge in [0.05, 0.1) is 16.6 Å². The zero-order valence-electron chi connectivity index (χ0n) is 15.1. The minimum absolute atomic E-state index is 0.101. The number of hydrogen-bond donors (Lipinski definition) is 2. The maximum Gasteiger partial charge on any atom is 0.268 e. The van der Waals surface area contributed by atoms with Crippen LogP contribution in [0.2, 0.25) is 0 Å². The Kier molecular flexibility index (Phi) is 4.14. The van der Waals surface area contributed by atoms with Gasteiger partial charge < -0.3 is 10.7 Å². The number of pyridine rings is 2. The van der Waals surface area contributed by atoms with Gasteiger partial charge in [-0.3, -0.25) is 14.6 Å². The Labute approximate surface area is 150 Å². The summed E-state index contributed by atoms with van der Waals surface area (Å²) in [5.74, 6) is -1.19. The zero-order valence-corrected chi connectivity index (χ0v) is 15.1. The molecule has 1 aromatic carbocycles. The molecular formula is C20H20FN3O2. The number of nitrogens with two attached hydrogens (primary N) is 1. The summed E-state index contributed by atoms with van der Waals surface area (Å²) in [5, 5.41) is 0.105. The van der Waals surface area contributed by atoms with Crippen molar-refractivity contribution in [1.82, 2.24) is 9.97 Å². The Bertz CT molecular complexity index is 1070. The molecule has 0 atom stereocenters. The van der Waals surface area contributed by atoms with Crippen LogP contribution in [0.25, 0.3) is 22.2 Å². The lowest BCUT2D eigenvalue weighted by atomic mass is 9.84. The molecule has 3 N–H and O–H groups in total. The number of H-pyrrole nitrogens is 1. The van der Waals surface area contributed by atoms with Gasteiger partial charge in [-0.15, -0.1) is 0 Å². The molecule has 0 aliphatic rings. The molecule has 0 aliphatic carbocycles. The highest BCUT2D eigenvalue weighted by atomic mass is 19.1. The van der Waals surface area contributed by atoms with Gasteiger partial charge in [-0.05, 0) is 35.6 Å². The van der Waals surface area contributed by atoms with Gasteiger partial charge in [-0.2, -0.15) is 0 Å². The standard InChI is InChI=1S/C20H20FN3O2/c1-10-7-11(20(2,3)4)8-12(21)16(10)14-9-15(25)17-13(24-14)5-6-23-18(17)19(22)26/h5-9H,1-4H3,(H2,22,26)(H,24,25). The van der Waals surface area contributed by atoms with Gasteiger partial charge in [0.2, 0.25) is 0 Å². The second kappa shape index (κ2) is 6.05. The van der Waals surface area contributed by atoms with Crippen molar-refractivity contribution in [3.8, 4) is 11.3 Å². The molecule has 0 bridgehead atoms. The third-order valence-electron chi connectivity index (χ3n) is 4.40. The van der Waals surface area contributed by atoms with Gasteiger partial charge in [0.15, 0.2) is 5.43 Å². The first-order chi connectivity index (χ1) is 12.1. The summed E-state index contributed by atoms with van der Waals surface area (Å²) in [6.45, 7) is 7.84. The number of fused-ring (bicyclic) bond motifs is 1. The molecule has 0 fully saturated rings. The molecular weight excluding hydrogens is 333 g/mol. The van der Waals surface area contributed by atoms with Crippen molar-refractivity contribution in [3.05, 3.63) is 63.3 Å². The number of aromatic nitrogens is 2. The first-order valence-electron chi connectivity index (χ1n) is 8.22. The summed E-state index contributed by atoms with van der Waals surface area (Å²) in [4.78, 5) is 31.0. The summed E-state index contributed by atoms with van der Waals surface area (Å²) in [7, 11) is 0. The Morgan fingerprint density at radius 2 is 1.92 bits per heavy atom. The summed E-state index contributed by atoms with van der Waals surface area (Å²) in [5.41, 5.74) is 7.21. The molecule has 2 aromatic heterocycles. The minimum Gasteiger partial charge on any atom is -0.364 e. The van der Waals surface area contributed by atoms with Crippen molar-refractivity contribution in [2.45, 2.75) is 33.1 Å². The molecule has 0 spiro atoms. The largest absolute Gasteiger partial charge is 0.364 e. The lowest BCUT2D eigenvalue weighted by Gasteiger charge is -2.21. The molecule has 6 heteroatoms. The van der Waals surface area contributed by atoms with Gasteiger partial charge in [0, 0.05) is 17.8 Å². The highest BCUT2D eigenvalue weighted by Gasteiger charge is 2.20.